The molecule has 0 radical (unpaired) electrons. The van der Waals surface area contributed by atoms with Gasteiger partial charge in [0.25, 0.3) is 11.5 Å². The summed E-state index contributed by atoms with van der Waals surface area (Å²) in [5.41, 5.74) is 7.15. The van der Waals surface area contributed by atoms with Crippen LogP contribution in [0.1, 0.15) is 40.5 Å². The lowest BCUT2D eigenvalue weighted by Gasteiger charge is -2.33. The Morgan fingerprint density at radius 3 is 2.76 bits per heavy atom. The van der Waals surface area contributed by atoms with E-state index in [2.05, 4.69) is 21.7 Å². The van der Waals surface area contributed by atoms with Gasteiger partial charge in [-0.3, -0.25) is 19.0 Å². The molecule has 194 valence electrons. The normalized spacial score (nSPS) is 15.3. The van der Waals surface area contributed by atoms with Crippen molar-refractivity contribution >= 4 is 28.5 Å². The maximum Gasteiger partial charge on any atom is 0.278 e. The van der Waals surface area contributed by atoms with E-state index in [1.807, 2.05) is 0 Å². The van der Waals surface area contributed by atoms with E-state index in [0.29, 0.717) is 41.3 Å². The molecule has 2 N–H and O–H groups in total. The summed E-state index contributed by atoms with van der Waals surface area (Å²) in [5.74, 6) is 6.52. The first-order chi connectivity index (χ1) is 17.8. The summed E-state index contributed by atoms with van der Waals surface area (Å²) in [4.78, 5) is 48.3. The number of anilines is 1. The van der Waals surface area contributed by atoms with Crippen LogP contribution >= 0.6 is 0 Å². The zero-order valence-corrected chi connectivity index (χ0v) is 21.7. The molecule has 10 nitrogen and oxygen atoms in total. The zero-order chi connectivity index (χ0) is 26.7. The number of fused-ring (bicyclic) bond motifs is 1. The second-order valence-electron chi connectivity index (χ2n) is 9.29. The lowest BCUT2D eigenvalue weighted by atomic mass is 10.1. The molecule has 4 rings (SSSR count). The highest BCUT2D eigenvalue weighted by Gasteiger charge is 2.32. The van der Waals surface area contributed by atoms with E-state index in [0.717, 1.165) is 12.8 Å². The molecule has 0 bridgehead atoms. The largest absolute Gasteiger partial charge is 0.497 e. The van der Waals surface area contributed by atoms with E-state index < -0.39 is 5.56 Å². The SMILES string of the molecule is CC#CCn1c(N2CCC[C@H](N)C2)c(C(=O)N(C)C)c2ncn(CC(=O)c3cccc(OC)c3)c(=O)c21. The first-order valence-corrected chi connectivity index (χ1v) is 12.2. The van der Waals surface area contributed by atoms with Crippen LogP contribution in [0, 0.1) is 11.8 Å². The topological polar surface area (TPSA) is 116 Å². The Bertz CT molecular complexity index is 1460. The van der Waals surface area contributed by atoms with Crippen LogP contribution in [0.15, 0.2) is 35.4 Å². The summed E-state index contributed by atoms with van der Waals surface area (Å²) >= 11 is 0. The Morgan fingerprint density at radius 1 is 1.30 bits per heavy atom. The van der Waals surface area contributed by atoms with Crippen molar-refractivity contribution in [3.63, 3.8) is 0 Å². The first kappa shape index (κ1) is 26.0. The summed E-state index contributed by atoms with van der Waals surface area (Å²) in [7, 11) is 4.85. The standard InChI is InChI=1S/C27H32N6O4/c1-5-6-13-33-24-23(22(26(35)30(2)3)25(33)31-12-8-10-19(28)15-31)29-17-32(27(24)36)16-21(34)18-9-7-11-20(14-18)37-4/h7,9,11,14,17,19H,8,10,12-13,15-16,28H2,1-4H3/t19-/m0/s1. The van der Waals surface area contributed by atoms with Crippen molar-refractivity contribution in [3.05, 3.63) is 52.1 Å². The number of piperidine rings is 1. The van der Waals surface area contributed by atoms with Gasteiger partial charge in [-0.15, -0.1) is 5.92 Å². The van der Waals surface area contributed by atoms with Gasteiger partial charge >= 0.3 is 0 Å². The third-order valence-corrected chi connectivity index (χ3v) is 6.50. The summed E-state index contributed by atoms with van der Waals surface area (Å²) in [6, 6.07) is 6.72. The van der Waals surface area contributed by atoms with Gasteiger partial charge in [0.1, 0.15) is 28.2 Å². The van der Waals surface area contributed by atoms with Gasteiger partial charge in [0.15, 0.2) is 5.78 Å². The highest BCUT2D eigenvalue weighted by atomic mass is 16.5. The fraction of sp³-hybridized carbons (Fsp3) is 0.407. The average molecular weight is 505 g/mol. The number of benzene rings is 1. The minimum atomic E-state index is -0.417. The number of amides is 1. The van der Waals surface area contributed by atoms with Gasteiger partial charge in [0, 0.05) is 38.8 Å². The molecule has 0 aliphatic carbocycles. The first-order valence-electron chi connectivity index (χ1n) is 12.2. The van der Waals surface area contributed by atoms with Gasteiger partial charge in [-0.25, -0.2) is 4.98 Å². The van der Waals surface area contributed by atoms with Crippen LogP contribution in [-0.4, -0.2) is 71.0 Å². The number of Topliss-reactive ketones (excluding diaryl/α,β-unsaturated/α-hetero) is 1. The van der Waals surface area contributed by atoms with E-state index in [1.165, 1.54) is 22.9 Å². The van der Waals surface area contributed by atoms with Crippen LogP contribution in [0.25, 0.3) is 11.0 Å². The number of aromatic nitrogens is 3. The van der Waals surface area contributed by atoms with Gasteiger partial charge in [-0.2, -0.15) is 0 Å². The molecule has 1 aliphatic rings. The monoisotopic (exact) mass is 504 g/mol. The Kier molecular flexibility index (Phi) is 7.64. The minimum Gasteiger partial charge on any atom is -0.497 e. The molecule has 1 fully saturated rings. The van der Waals surface area contributed by atoms with E-state index in [4.69, 9.17) is 10.5 Å². The van der Waals surface area contributed by atoms with Crippen molar-refractivity contribution in [2.24, 2.45) is 5.73 Å². The van der Waals surface area contributed by atoms with Gasteiger partial charge < -0.3 is 24.8 Å². The van der Waals surface area contributed by atoms with Crippen molar-refractivity contribution < 1.29 is 14.3 Å². The summed E-state index contributed by atoms with van der Waals surface area (Å²) in [6.07, 6.45) is 3.08. The average Bonchev–Trinajstić information content (AvgIpc) is 3.23. The van der Waals surface area contributed by atoms with E-state index >= 15 is 0 Å². The third-order valence-electron chi connectivity index (χ3n) is 6.50. The second kappa shape index (κ2) is 10.9. The fourth-order valence-electron chi connectivity index (χ4n) is 4.67. The van der Waals surface area contributed by atoms with Crippen LogP contribution in [-0.2, 0) is 13.1 Å². The van der Waals surface area contributed by atoms with Crippen molar-refractivity contribution in [1.82, 2.24) is 19.0 Å². The molecule has 1 amide bonds. The number of carbonyl (C=O) groups excluding carboxylic acids is 2. The molecule has 0 saturated carbocycles. The quantitative estimate of drug-likeness (QED) is 0.385. The maximum absolute atomic E-state index is 13.8. The molecule has 0 spiro atoms. The van der Waals surface area contributed by atoms with Crippen LogP contribution in [0.4, 0.5) is 5.82 Å². The Hall–Kier alpha value is -4.10. The molecule has 10 heteroatoms. The Balaban J connectivity index is 1.90. The second-order valence-corrected chi connectivity index (χ2v) is 9.29. The lowest BCUT2D eigenvalue weighted by Crippen LogP contribution is -2.44. The predicted molar refractivity (Wildman–Crippen MR) is 142 cm³/mol. The summed E-state index contributed by atoms with van der Waals surface area (Å²) < 4.78 is 8.24. The number of nitrogens with zero attached hydrogens (tertiary/aromatic N) is 5. The number of nitrogens with two attached hydrogens (primary N) is 1. The molecule has 1 atom stereocenters. The molecule has 1 aromatic carbocycles. The van der Waals surface area contributed by atoms with Crippen molar-refractivity contribution in [2.45, 2.75) is 38.9 Å². The number of rotatable bonds is 7. The number of carbonyl (C=O) groups is 2. The van der Waals surface area contributed by atoms with Crippen molar-refractivity contribution in [3.8, 4) is 17.6 Å². The fourth-order valence-corrected chi connectivity index (χ4v) is 4.67. The smallest absolute Gasteiger partial charge is 0.278 e. The molecule has 1 saturated heterocycles. The van der Waals surface area contributed by atoms with Crippen molar-refractivity contribution in [2.75, 3.05) is 39.2 Å². The van der Waals surface area contributed by atoms with Crippen LogP contribution in [0.2, 0.25) is 0 Å². The molecular weight excluding hydrogens is 472 g/mol. The van der Waals surface area contributed by atoms with Gasteiger partial charge in [-0.05, 0) is 31.9 Å². The number of methoxy groups -OCH3 is 1. The van der Waals surface area contributed by atoms with E-state index in [1.54, 1.807) is 49.9 Å². The Labute approximate surface area is 215 Å². The molecule has 3 aromatic rings. The summed E-state index contributed by atoms with van der Waals surface area (Å²) in [6.45, 7) is 2.95. The summed E-state index contributed by atoms with van der Waals surface area (Å²) in [5, 5.41) is 0. The van der Waals surface area contributed by atoms with Gasteiger partial charge in [0.2, 0.25) is 0 Å². The number of ether oxygens (including phenoxy) is 1. The van der Waals surface area contributed by atoms with Crippen LogP contribution in [0.3, 0.4) is 0 Å². The zero-order valence-electron chi connectivity index (χ0n) is 21.7. The van der Waals surface area contributed by atoms with Crippen LogP contribution in [0.5, 0.6) is 5.75 Å². The molecule has 1 aliphatic heterocycles. The number of ketones is 1. The lowest BCUT2D eigenvalue weighted by molar-refractivity contribution is 0.0829. The van der Waals surface area contributed by atoms with Crippen LogP contribution < -0.4 is 20.9 Å². The molecule has 2 aromatic heterocycles. The number of hydrogen-bond acceptors (Lipinski definition) is 7. The molecule has 37 heavy (non-hydrogen) atoms. The molecule has 3 heterocycles. The predicted octanol–water partition coefficient (Wildman–Crippen LogP) is 1.74. The van der Waals surface area contributed by atoms with Gasteiger partial charge in [-0.1, -0.05) is 18.1 Å². The third kappa shape index (κ3) is 5.08. The molecule has 0 unspecified atom stereocenters. The van der Waals surface area contributed by atoms with E-state index in [9.17, 15) is 14.4 Å². The number of hydrogen-bond donors (Lipinski definition) is 1. The van der Waals surface area contributed by atoms with Gasteiger partial charge in [0.05, 0.1) is 26.5 Å². The highest BCUT2D eigenvalue weighted by molar-refractivity contribution is 6.10. The maximum atomic E-state index is 13.8. The minimum absolute atomic E-state index is 0.0510. The highest BCUT2D eigenvalue weighted by Crippen LogP contribution is 2.33. The molecular formula is C27H32N6O4. The Morgan fingerprint density at radius 2 is 2.08 bits per heavy atom. The van der Waals surface area contributed by atoms with Crippen molar-refractivity contribution in [1.29, 1.82) is 0 Å². The van der Waals surface area contributed by atoms with E-state index in [-0.39, 0.29) is 36.3 Å².